The Kier molecular flexibility index (Phi) is 2.49. The van der Waals surface area contributed by atoms with Gasteiger partial charge in [-0.05, 0) is 19.3 Å². The molecule has 0 aliphatic carbocycles. The van der Waals surface area contributed by atoms with Crippen LogP contribution in [-0.4, -0.2) is 12.5 Å². The second kappa shape index (κ2) is 3.40. The summed E-state index contributed by atoms with van der Waals surface area (Å²) in [5.74, 6) is 0.486. The molecule has 1 rings (SSSR count). The molecule has 1 heterocycles. The molecule has 1 fully saturated rings. The molecule has 1 unspecified atom stereocenters. The maximum absolute atomic E-state index is 10.9. The molecular formula is C8H13NO. The Morgan fingerprint density at radius 3 is 3.10 bits per heavy atom. The molecule has 0 bridgehead atoms. The summed E-state index contributed by atoms with van der Waals surface area (Å²) in [7, 11) is 0. The molecule has 0 spiro atoms. The number of rotatable bonds is 3. The van der Waals surface area contributed by atoms with E-state index in [1.165, 1.54) is 0 Å². The molecule has 1 aliphatic rings. The summed E-state index contributed by atoms with van der Waals surface area (Å²) in [5, 5.41) is 2.81. The van der Waals surface area contributed by atoms with Crippen molar-refractivity contribution in [3.05, 3.63) is 12.7 Å². The Morgan fingerprint density at radius 2 is 2.60 bits per heavy atom. The highest BCUT2D eigenvalue weighted by molar-refractivity contribution is 5.80. The summed E-state index contributed by atoms with van der Waals surface area (Å²) in [6, 6.07) is 0. The minimum Gasteiger partial charge on any atom is -0.356 e. The molecule has 1 N–H and O–H groups in total. The molecule has 0 radical (unpaired) electrons. The van der Waals surface area contributed by atoms with Crippen molar-refractivity contribution < 1.29 is 4.79 Å². The summed E-state index contributed by atoms with van der Waals surface area (Å²) >= 11 is 0. The van der Waals surface area contributed by atoms with Crippen molar-refractivity contribution in [3.8, 4) is 0 Å². The van der Waals surface area contributed by atoms with E-state index in [9.17, 15) is 4.79 Å². The highest BCUT2D eigenvalue weighted by Crippen LogP contribution is 2.15. The first-order valence-electron chi connectivity index (χ1n) is 3.73. The molecule has 10 heavy (non-hydrogen) atoms. The van der Waals surface area contributed by atoms with E-state index in [0.717, 1.165) is 25.8 Å². The molecule has 0 saturated carbocycles. The standard InChI is InChI=1S/C8H13NO/c1-2-3-4-7-5-6-9-8(7)10/h2,7H,1,3-6H2,(H,9,10). The highest BCUT2D eigenvalue weighted by Gasteiger charge is 2.22. The Balaban J connectivity index is 2.26. The third kappa shape index (κ3) is 1.59. The van der Waals surface area contributed by atoms with Crippen LogP contribution >= 0.6 is 0 Å². The lowest BCUT2D eigenvalue weighted by Gasteiger charge is -2.01. The van der Waals surface area contributed by atoms with Gasteiger partial charge in [-0.2, -0.15) is 0 Å². The van der Waals surface area contributed by atoms with Crippen LogP contribution in [0.1, 0.15) is 19.3 Å². The van der Waals surface area contributed by atoms with Crippen LogP contribution in [0.2, 0.25) is 0 Å². The maximum Gasteiger partial charge on any atom is 0.223 e. The van der Waals surface area contributed by atoms with Crippen LogP contribution in [-0.2, 0) is 4.79 Å². The summed E-state index contributed by atoms with van der Waals surface area (Å²) in [4.78, 5) is 10.9. The zero-order valence-electron chi connectivity index (χ0n) is 6.10. The van der Waals surface area contributed by atoms with Gasteiger partial charge in [-0.25, -0.2) is 0 Å². The van der Waals surface area contributed by atoms with E-state index in [2.05, 4.69) is 11.9 Å². The van der Waals surface area contributed by atoms with Gasteiger partial charge in [0.1, 0.15) is 0 Å². The van der Waals surface area contributed by atoms with Gasteiger partial charge in [0.25, 0.3) is 0 Å². The number of nitrogens with one attached hydrogen (secondary N) is 1. The summed E-state index contributed by atoms with van der Waals surface area (Å²) < 4.78 is 0. The van der Waals surface area contributed by atoms with Gasteiger partial charge in [-0.1, -0.05) is 6.08 Å². The van der Waals surface area contributed by atoms with E-state index in [-0.39, 0.29) is 11.8 Å². The number of carbonyl (C=O) groups is 1. The van der Waals surface area contributed by atoms with E-state index in [4.69, 9.17) is 0 Å². The van der Waals surface area contributed by atoms with E-state index in [1.54, 1.807) is 0 Å². The fourth-order valence-electron chi connectivity index (χ4n) is 1.24. The van der Waals surface area contributed by atoms with Crippen LogP contribution in [0.25, 0.3) is 0 Å². The van der Waals surface area contributed by atoms with Crippen LogP contribution in [0.4, 0.5) is 0 Å². The molecule has 2 nitrogen and oxygen atoms in total. The van der Waals surface area contributed by atoms with Crippen molar-refractivity contribution in [1.29, 1.82) is 0 Å². The number of amides is 1. The van der Waals surface area contributed by atoms with Crippen LogP contribution in [0.5, 0.6) is 0 Å². The summed E-state index contributed by atoms with van der Waals surface area (Å²) in [5.41, 5.74) is 0. The normalized spacial score (nSPS) is 24.4. The topological polar surface area (TPSA) is 29.1 Å². The van der Waals surface area contributed by atoms with Crippen molar-refractivity contribution in [2.45, 2.75) is 19.3 Å². The fraction of sp³-hybridized carbons (Fsp3) is 0.625. The maximum atomic E-state index is 10.9. The molecule has 0 aromatic carbocycles. The lowest BCUT2D eigenvalue weighted by molar-refractivity contribution is -0.122. The van der Waals surface area contributed by atoms with E-state index in [0.29, 0.717) is 0 Å². The lowest BCUT2D eigenvalue weighted by Crippen LogP contribution is -2.18. The molecule has 0 aromatic rings. The van der Waals surface area contributed by atoms with Gasteiger partial charge in [0.05, 0.1) is 0 Å². The predicted molar refractivity (Wildman–Crippen MR) is 40.5 cm³/mol. The molecule has 2 heteroatoms. The van der Waals surface area contributed by atoms with Crippen molar-refractivity contribution in [1.82, 2.24) is 5.32 Å². The average molecular weight is 139 g/mol. The third-order valence-corrected chi connectivity index (χ3v) is 1.88. The van der Waals surface area contributed by atoms with Gasteiger partial charge < -0.3 is 5.32 Å². The molecule has 56 valence electrons. The van der Waals surface area contributed by atoms with Gasteiger partial charge in [0, 0.05) is 12.5 Å². The zero-order chi connectivity index (χ0) is 7.40. The van der Waals surface area contributed by atoms with Crippen molar-refractivity contribution in [3.63, 3.8) is 0 Å². The largest absolute Gasteiger partial charge is 0.356 e. The number of allylic oxidation sites excluding steroid dienone is 1. The van der Waals surface area contributed by atoms with Crippen LogP contribution in [0.15, 0.2) is 12.7 Å². The van der Waals surface area contributed by atoms with Crippen LogP contribution < -0.4 is 5.32 Å². The molecule has 1 aliphatic heterocycles. The Morgan fingerprint density at radius 1 is 1.80 bits per heavy atom. The first-order valence-corrected chi connectivity index (χ1v) is 3.73. The number of carbonyl (C=O) groups excluding carboxylic acids is 1. The average Bonchev–Trinajstić information content (AvgIpc) is 2.31. The van der Waals surface area contributed by atoms with E-state index >= 15 is 0 Å². The molecule has 1 atom stereocenters. The fourth-order valence-corrected chi connectivity index (χ4v) is 1.24. The molecule has 1 saturated heterocycles. The highest BCUT2D eigenvalue weighted by atomic mass is 16.2. The minimum atomic E-state index is 0.224. The van der Waals surface area contributed by atoms with E-state index < -0.39 is 0 Å². The van der Waals surface area contributed by atoms with Gasteiger partial charge in [-0.3, -0.25) is 4.79 Å². The Labute approximate surface area is 61.3 Å². The molecule has 0 aromatic heterocycles. The first-order chi connectivity index (χ1) is 4.84. The summed E-state index contributed by atoms with van der Waals surface area (Å²) in [6.07, 6.45) is 4.80. The smallest absolute Gasteiger partial charge is 0.223 e. The van der Waals surface area contributed by atoms with Gasteiger partial charge in [-0.15, -0.1) is 6.58 Å². The van der Waals surface area contributed by atoms with Crippen LogP contribution in [0, 0.1) is 5.92 Å². The minimum absolute atomic E-state index is 0.224. The first kappa shape index (κ1) is 7.32. The number of hydrogen-bond donors (Lipinski definition) is 1. The van der Waals surface area contributed by atoms with Gasteiger partial charge in [0.15, 0.2) is 0 Å². The Hall–Kier alpha value is -0.790. The van der Waals surface area contributed by atoms with Gasteiger partial charge >= 0.3 is 0 Å². The second-order valence-corrected chi connectivity index (χ2v) is 2.64. The lowest BCUT2D eigenvalue weighted by atomic mass is 10.0. The second-order valence-electron chi connectivity index (χ2n) is 2.64. The zero-order valence-corrected chi connectivity index (χ0v) is 6.10. The predicted octanol–water partition coefficient (Wildman–Crippen LogP) is 1.09. The van der Waals surface area contributed by atoms with Crippen molar-refractivity contribution >= 4 is 5.91 Å². The molecular weight excluding hydrogens is 126 g/mol. The third-order valence-electron chi connectivity index (χ3n) is 1.88. The molecule has 1 amide bonds. The quantitative estimate of drug-likeness (QED) is 0.582. The van der Waals surface area contributed by atoms with E-state index in [1.807, 2.05) is 6.08 Å². The SMILES string of the molecule is C=CCCC1CCNC1=O. The summed E-state index contributed by atoms with van der Waals surface area (Å²) in [6.45, 7) is 4.48. The monoisotopic (exact) mass is 139 g/mol. The number of hydrogen-bond acceptors (Lipinski definition) is 1. The van der Waals surface area contributed by atoms with Gasteiger partial charge in [0.2, 0.25) is 5.91 Å². The van der Waals surface area contributed by atoms with Crippen molar-refractivity contribution in [2.24, 2.45) is 5.92 Å². The van der Waals surface area contributed by atoms with Crippen molar-refractivity contribution in [2.75, 3.05) is 6.54 Å². The Bertz CT molecular complexity index is 142. The van der Waals surface area contributed by atoms with Crippen LogP contribution in [0.3, 0.4) is 0 Å².